The number of rotatable bonds is 3. The molecule has 1 aromatic heterocycles. The molecule has 5 rings (SSSR count). The first-order valence-corrected chi connectivity index (χ1v) is 11.5. The third-order valence-corrected chi connectivity index (χ3v) is 7.71. The molecule has 0 radical (unpaired) electrons. The minimum atomic E-state index is -0.975. The number of guanidine groups is 1. The third kappa shape index (κ3) is 2.83. The number of hydrogen-bond donors (Lipinski definition) is 1. The first kappa shape index (κ1) is 21.1. The van der Waals surface area contributed by atoms with Crippen molar-refractivity contribution < 1.29 is 9.53 Å². The lowest BCUT2D eigenvalue weighted by atomic mass is 9.61. The van der Waals surface area contributed by atoms with Crippen molar-refractivity contribution in [1.82, 2.24) is 14.9 Å². The molecule has 1 aromatic carbocycles. The minimum Gasteiger partial charge on any atom is -0.381 e. The predicted molar refractivity (Wildman–Crippen MR) is 123 cm³/mol. The summed E-state index contributed by atoms with van der Waals surface area (Å²) in [5.41, 5.74) is 9.25. The van der Waals surface area contributed by atoms with Crippen LogP contribution in [0.25, 0.3) is 11.1 Å². The predicted octanol–water partition coefficient (Wildman–Crippen LogP) is 3.34. The molecule has 1 atom stereocenters. The van der Waals surface area contributed by atoms with Crippen LogP contribution in [0, 0.1) is 12.3 Å². The summed E-state index contributed by atoms with van der Waals surface area (Å²) in [6.07, 6.45) is 8.36. The number of aliphatic imine (C=N–C) groups is 1. The molecule has 1 saturated carbocycles. The molecule has 0 bridgehead atoms. The minimum absolute atomic E-state index is 0.0110. The number of ether oxygens (including phenoxy) is 1. The van der Waals surface area contributed by atoms with Gasteiger partial charge in [-0.3, -0.25) is 9.69 Å². The van der Waals surface area contributed by atoms with E-state index in [1.54, 1.807) is 12.0 Å². The lowest BCUT2D eigenvalue weighted by Crippen LogP contribution is -2.53. The highest BCUT2D eigenvalue weighted by atomic mass is 16.5. The highest BCUT2D eigenvalue weighted by molar-refractivity contribution is 6.08. The topological polar surface area (TPSA) is 93.7 Å². The molecule has 168 valence electrons. The summed E-state index contributed by atoms with van der Waals surface area (Å²) < 4.78 is 5.65. The third-order valence-electron chi connectivity index (χ3n) is 7.71. The Balaban J connectivity index is 1.67. The number of benzene rings is 1. The van der Waals surface area contributed by atoms with Crippen molar-refractivity contribution in [2.24, 2.45) is 16.1 Å². The highest BCUT2D eigenvalue weighted by Gasteiger charge is 2.66. The van der Waals surface area contributed by atoms with Crippen LogP contribution in [0.4, 0.5) is 0 Å². The van der Waals surface area contributed by atoms with E-state index >= 15 is 0 Å². The second-order valence-electron chi connectivity index (χ2n) is 9.73. The molecule has 2 aliphatic carbocycles. The average molecular weight is 434 g/mol. The highest BCUT2D eigenvalue weighted by Crippen LogP contribution is 2.62. The van der Waals surface area contributed by atoms with E-state index < -0.39 is 5.54 Å². The Labute approximate surface area is 189 Å². The molecule has 1 aliphatic heterocycles. The number of aryl methyl sites for hydroxylation is 1. The standard InChI is InChI=1S/C25H31N5O2/c1-15(2)30-22(31)25(29-23(30)26)21-11-17(19-13-27-16(3)28-14-19)5-6-18(21)12-24(25)9-7-20(32-4)8-10-24/h5-6,11,13-15,20H,7-10,12H2,1-4H3,(H2,26,29). The van der Waals surface area contributed by atoms with E-state index in [1.165, 1.54) is 5.56 Å². The van der Waals surface area contributed by atoms with E-state index in [2.05, 4.69) is 28.2 Å². The van der Waals surface area contributed by atoms with Gasteiger partial charge in [0.25, 0.3) is 5.91 Å². The molecule has 7 heteroatoms. The molecule has 2 N–H and O–H groups in total. The molecule has 3 aliphatic rings. The van der Waals surface area contributed by atoms with E-state index in [-0.39, 0.29) is 23.5 Å². The maximum Gasteiger partial charge on any atom is 0.262 e. The number of carbonyl (C=O) groups excluding carboxylic acids is 1. The molecule has 1 fully saturated rings. The Bertz CT molecular complexity index is 1090. The molecule has 1 amide bonds. The van der Waals surface area contributed by atoms with E-state index in [4.69, 9.17) is 15.5 Å². The van der Waals surface area contributed by atoms with Crippen molar-refractivity contribution in [1.29, 1.82) is 0 Å². The van der Waals surface area contributed by atoms with Gasteiger partial charge in [0.15, 0.2) is 11.5 Å². The van der Waals surface area contributed by atoms with Gasteiger partial charge < -0.3 is 10.5 Å². The quantitative estimate of drug-likeness (QED) is 0.801. The fraction of sp³-hybridized carbons (Fsp3) is 0.520. The molecular formula is C25H31N5O2. The van der Waals surface area contributed by atoms with Crippen LogP contribution in [0.5, 0.6) is 0 Å². The fourth-order valence-corrected chi connectivity index (χ4v) is 6.06. The van der Waals surface area contributed by atoms with Gasteiger partial charge in [-0.2, -0.15) is 0 Å². The van der Waals surface area contributed by atoms with E-state index in [9.17, 15) is 4.79 Å². The molecule has 7 nitrogen and oxygen atoms in total. The molecular weight excluding hydrogens is 402 g/mol. The monoisotopic (exact) mass is 433 g/mol. The number of nitrogens with zero attached hydrogens (tertiary/aromatic N) is 4. The van der Waals surface area contributed by atoms with Crippen LogP contribution in [0.1, 0.15) is 56.5 Å². The summed E-state index contributed by atoms with van der Waals surface area (Å²) in [5, 5.41) is 0. The Morgan fingerprint density at radius 1 is 1.16 bits per heavy atom. The van der Waals surface area contributed by atoms with Crippen molar-refractivity contribution in [3.8, 4) is 11.1 Å². The zero-order valence-corrected chi connectivity index (χ0v) is 19.3. The maximum absolute atomic E-state index is 14.1. The van der Waals surface area contributed by atoms with Gasteiger partial charge in [-0.1, -0.05) is 12.1 Å². The molecule has 32 heavy (non-hydrogen) atoms. The Hall–Kier alpha value is -2.80. The van der Waals surface area contributed by atoms with Gasteiger partial charge in [0, 0.05) is 36.5 Å². The molecule has 2 heterocycles. The van der Waals surface area contributed by atoms with Crippen molar-refractivity contribution in [2.75, 3.05) is 7.11 Å². The number of nitrogens with two attached hydrogens (primary N) is 1. The zero-order chi connectivity index (χ0) is 22.7. The Morgan fingerprint density at radius 3 is 2.44 bits per heavy atom. The summed E-state index contributed by atoms with van der Waals surface area (Å²) in [7, 11) is 1.77. The van der Waals surface area contributed by atoms with Gasteiger partial charge in [-0.05, 0) is 75.6 Å². The van der Waals surface area contributed by atoms with Gasteiger partial charge in [0.1, 0.15) is 5.82 Å². The zero-order valence-electron chi connectivity index (χ0n) is 19.3. The summed E-state index contributed by atoms with van der Waals surface area (Å²) in [6.45, 7) is 5.85. The summed E-state index contributed by atoms with van der Waals surface area (Å²) in [4.78, 5) is 29.5. The lowest BCUT2D eigenvalue weighted by Gasteiger charge is -2.45. The number of methoxy groups -OCH3 is 1. The number of fused-ring (bicyclic) bond motifs is 3. The van der Waals surface area contributed by atoms with Crippen LogP contribution in [-0.2, 0) is 21.5 Å². The second-order valence-corrected chi connectivity index (χ2v) is 9.73. The average Bonchev–Trinajstić information content (AvgIpc) is 3.20. The van der Waals surface area contributed by atoms with Crippen LogP contribution >= 0.6 is 0 Å². The number of amides is 1. The van der Waals surface area contributed by atoms with Crippen molar-refractivity contribution >= 4 is 11.9 Å². The number of aromatic nitrogens is 2. The van der Waals surface area contributed by atoms with Crippen molar-refractivity contribution in [3.63, 3.8) is 0 Å². The van der Waals surface area contributed by atoms with Gasteiger partial charge in [0.05, 0.1) is 6.10 Å². The smallest absolute Gasteiger partial charge is 0.262 e. The Kier molecular flexibility index (Phi) is 4.85. The van der Waals surface area contributed by atoms with Gasteiger partial charge in [0.2, 0.25) is 0 Å². The fourth-order valence-electron chi connectivity index (χ4n) is 6.06. The summed E-state index contributed by atoms with van der Waals surface area (Å²) in [5.74, 6) is 1.07. The van der Waals surface area contributed by atoms with Gasteiger partial charge in [-0.15, -0.1) is 0 Å². The normalized spacial score (nSPS) is 29.3. The van der Waals surface area contributed by atoms with Crippen LogP contribution < -0.4 is 5.73 Å². The van der Waals surface area contributed by atoms with Gasteiger partial charge in [-0.25, -0.2) is 15.0 Å². The first-order chi connectivity index (χ1) is 15.3. The van der Waals surface area contributed by atoms with E-state index in [1.807, 2.05) is 33.2 Å². The Morgan fingerprint density at radius 2 is 1.84 bits per heavy atom. The van der Waals surface area contributed by atoms with Crippen LogP contribution in [-0.4, -0.2) is 46.0 Å². The van der Waals surface area contributed by atoms with Crippen molar-refractivity contribution in [3.05, 3.63) is 47.5 Å². The van der Waals surface area contributed by atoms with Gasteiger partial charge >= 0.3 is 0 Å². The maximum atomic E-state index is 14.1. The lowest BCUT2D eigenvalue weighted by molar-refractivity contribution is -0.139. The SMILES string of the molecule is COC1CCC2(CC1)Cc1ccc(-c3cnc(C)nc3)cc1C21N=C(N)N(C(C)C)C1=O. The van der Waals surface area contributed by atoms with E-state index in [0.29, 0.717) is 5.96 Å². The second kappa shape index (κ2) is 7.37. The summed E-state index contributed by atoms with van der Waals surface area (Å²) >= 11 is 0. The number of carbonyl (C=O) groups is 1. The molecule has 1 unspecified atom stereocenters. The van der Waals surface area contributed by atoms with E-state index in [0.717, 1.165) is 54.6 Å². The number of hydrogen-bond acceptors (Lipinski definition) is 6. The van der Waals surface area contributed by atoms with Crippen LogP contribution in [0.2, 0.25) is 0 Å². The largest absolute Gasteiger partial charge is 0.381 e. The van der Waals surface area contributed by atoms with Crippen LogP contribution in [0.15, 0.2) is 35.6 Å². The first-order valence-electron chi connectivity index (χ1n) is 11.5. The molecule has 2 spiro atoms. The molecule has 0 saturated heterocycles. The summed E-state index contributed by atoms with van der Waals surface area (Å²) in [6, 6.07) is 6.34. The molecule has 2 aromatic rings. The van der Waals surface area contributed by atoms with Crippen LogP contribution in [0.3, 0.4) is 0 Å². The van der Waals surface area contributed by atoms with Crippen molar-refractivity contribution in [2.45, 2.75) is 70.6 Å².